The highest BCUT2D eigenvalue weighted by atomic mass is 35.5. The second-order valence-corrected chi connectivity index (χ2v) is 8.50. The third-order valence-corrected chi connectivity index (χ3v) is 6.19. The number of amides is 1. The number of ether oxygens (including phenoxy) is 2. The summed E-state index contributed by atoms with van der Waals surface area (Å²) in [4.78, 5) is 12.1. The van der Waals surface area contributed by atoms with E-state index in [4.69, 9.17) is 21.1 Å². The molecule has 0 saturated carbocycles. The van der Waals surface area contributed by atoms with Gasteiger partial charge in [0.25, 0.3) is 0 Å². The molecule has 0 aliphatic rings. The van der Waals surface area contributed by atoms with Gasteiger partial charge in [-0.3, -0.25) is 4.79 Å². The second kappa shape index (κ2) is 9.77. The number of hydrogen-bond acceptors (Lipinski definition) is 5. The van der Waals surface area contributed by atoms with E-state index >= 15 is 0 Å². The smallest absolute Gasteiger partial charge is 0.243 e. The molecule has 0 atom stereocenters. The Bertz CT molecular complexity index is 916. The van der Waals surface area contributed by atoms with Crippen molar-refractivity contribution in [3.8, 4) is 11.5 Å². The van der Waals surface area contributed by atoms with E-state index in [9.17, 15) is 13.2 Å². The zero-order valence-electron chi connectivity index (χ0n) is 15.9. The van der Waals surface area contributed by atoms with Crippen molar-refractivity contribution in [2.45, 2.75) is 11.8 Å². The summed E-state index contributed by atoms with van der Waals surface area (Å²) in [6.07, 6.45) is 0. The van der Waals surface area contributed by atoms with Crippen molar-refractivity contribution in [1.29, 1.82) is 0 Å². The maximum atomic E-state index is 12.5. The highest BCUT2D eigenvalue weighted by molar-refractivity contribution is 7.89. The van der Waals surface area contributed by atoms with Crippen LogP contribution in [0.5, 0.6) is 11.5 Å². The van der Waals surface area contributed by atoms with Gasteiger partial charge in [-0.25, -0.2) is 8.42 Å². The van der Waals surface area contributed by atoms with Gasteiger partial charge in [0.2, 0.25) is 15.9 Å². The van der Waals surface area contributed by atoms with Crippen molar-refractivity contribution >= 4 is 27.5 Å². The van der Waals surface area contributed by atoms with Gasteiger partial charge in [0.1, 0.15) is 18.1 Å². The molecule has 2 rings (SSSR count). The van der Waals surface area contributed by atoms with E-state index in [0.29, 0.717) is 16.5 Å². The minimum Gasteiger partial charge on any atom is -0.497 e. The van der Waals surface area contributed by atoms with Crippen molar-refractivity contribution < 1.29 is 22.7 Å². The Morgan fingerprint density at radius 3 is 2.39 bits per heavy atom. The Kier molecular flexibility index (Phi) is 7.68. The number of aryl methyl sites for hydroxylation is 1. The maximum absolute atomic E-state index is 12.5. The first kappa shape index (κ1) is 22.0. The van der Waals surface area contributed by atoms with E-state index in [2.05, 4.69) is 5.32 Å². The van der Waals surface area contributed by atoms with E-state index in [1.54, 1.807) is 24.3 Å². The fourth-order valence-electron chi connectivity index (χ4n) is 2.29. The van der Waals surface area contributed by atoms with E-state index in [1.165, 1.54) is 26.3 Å². The summed E-state index contributed by atoms with van der Waals surface area (Å²) in [5.74, 6) is 0.725. The number of nitrogens with one attached hydrogen (secondary N) is 1. The predicted octanol–water partition coefficient (Wildman–Crippen LogP) is 2.47. The number of nitrogens with zero attached hydrogens (tertiary/aromatic N) is 1. The molecule has 0 aromatic heterocycles. The lowest BCUT2D eigenvalue weighted by atomic mass is 10.2. The Morgan fingerprint density at radius 2 is 1.79 bits per heavy atom. The standard InChI is InChI=1S/C19H23ClN2O5S/c1-14-4-5-16(12-18(14)20)27-11-10-21-19(23)13-22(2)28(24,25)17-8-6-15(26-3)7-9-17/h4-9,12H,10-11,13H2,1-3H3,(H,21,23). The van der Waals surface area contributed by atoms with Gasteiger partial charge >= 0.3 is 0 Å². The van der Waals surface area contributed by atoms with Gasteiger partial charge in [-0.1, -0.05) is 17.7 Å². The highest BCUT2D eigenvalue weighted by Gasteiger charge is 2.22. The number of rotatable bonds is 9. The van der Waals surface area contributed by atoms with Crippen molar-refractivity contribution in [3.63, 3.8) is 0 Å². The van der Waals surface area contributed by atoms with E-state index in [-0.39, 0.29) is 24.6 Å². The van der Waals surface area contributed by atoms with Crippen molar-refractivity contribution in [1.82, 2.24) is 9.62 Å². The Hall–Kier alpha value is -2.29. The third-order valence-electron chi connectivity index (χ3n) is 3.97. The number of sulfonamides is 1. The quantitative estimate of drug-likeness (QED) is 0.622. The van der Waals surface area contributed by atoms with Crippen LogP contribution in [0.2, 0.25) is 5.02 Å². The molecule has 28 heavy (non-hydrogen) atoms. The molecule has 0 unspecified atom stereocenters. The average molecular weight is 427 g/mol. The minimum absolute atomic E-state index is 0.0863. The average Bonchev–Trinajstić information content (AvgIpc) is 2.67. The van der Waals surface area contributed by atoms with Crippen LogP contribution in [-0.2, 0) is 14.8 Å². The largest absolute Gasteiger partial charge is 0.497 e. The predicted molar refractivity (Wildman–Crippen MR) is 108 cm³/mol. The van der Waals surface area contributed by atoms with E-state index in [0.717, 1.165) is 9.87 Å². The first-order chi connectivity index (χ1) is 13.2. The van der Waals surface area contributed by atoms with Crippen LogP contribution in [0.1, 0.15) is 5.56 Å². The molecular weight excluding hydrogens is 404 g/mol. The topological polar surface area (TPSA) is 84.9 Å². The van der Waals surface area contributed by atoms with E-state index in [1.807, 2.05) is 13.0 Å². The summed E-state index contributed by atoms with van der Waals surface area (Å²) in [7, 11) is -0.922. The van der Waals surface area contributed by atoms with E-state index < -0.39 is 15.9 Å². The number of carbonyl (C=O) groups excluding carboxylic acids is 1. The zero-order valence-corrected chi connectivity index (χ0v) is 17.5. The summed E-state index contributed by atoms with van der Waals surface area (Å²) in [6.45, 7) is 2.06. The summed E-state index contributed by atoms with van der Waals surface area (Å²) in [5.41, 5.74) is 0.948. The molecule has 2 aromatic carbocycles. The van der Waals surface area contributed by atoms with Crippen LogP contribution in [0.25, 0.3) is 0 Å². The summed E-state index contributed by atoms with van der Waals surface area (Å²) in [5, 5.41) is 3.23. The summed E-state index contributed by atoms with van der Waals surface area (Å²) >= 11 is 6.03. The Morgan fingerprint density at radius 1 is 1.14 bits per heavy atom. The molecule has 152 valence electrons. The number of hydrogen-bond donors (Lipinski definition) is 1. The molecule has 9 heteroatoms. The Labute approximate surface area is 170 Å². The first-order valence-corrected chi connectivity index (χ1v) is 10.3. The minimum atomic E-state index is -3.77. The van der Waals surface area contributed by atoms with Gasteiger partial charge in [-0.2, -0.15) is 4.31 Å². The highest BCUT2D eigenvalue weighted by Crippen LogP contribution is 2.21. The zero-order chi connectivity index (χ0) is 20.7. The molecule has 2 aromatic rings. The molecule has 7 nitrogen and oxygen atoms in total. The van der Waals surface area contributed by atoms with Gasteiger partial charge in [-0.05, 0) is 48.9 Å². The fourth-order valence-corrected chi connectivity index (χ4v) is 3.59. The molecule has 0 spiro atoms. The SMILES string of the molecule is COc1ccc(S(=O)(=O)N(C)CC(=O)NCCOc2ccc(C)c(Cl)c2)cc1. The molecular formula is C19H23ClN2O5S. The van der Waals surface area contributed by atoms with Crippen LogP contribution in [0.15, 0.2) is 47.4 Å². The van der Waals surface area contributed by atoms with Crippen LogP contribution in [0.4, 0.5) is 0 Å². The fraction of sp³-hybridized carbons (Fsp3) is 0.316. The molecule has 1 amide bonds. The molecule has 0 aliphatic carbocycles. The van der Waals surface area contributed by atoms with Crippen LogP contribution in [0, 0.1) is 6.92 Å². The van der Waals surface area contributed by atoms with Gasteiger partial charge in [0, 0.05) is 12.1 Å². The number of halogens is 1. The Balaban J connectivity index is 1.81. The first-order valence-electron chi connectivity index (χ1n) is 8.50. The van der Waals surface area contributed by atoms with Crippen molar-refractivity contribution in [3.05, 3.63) is 53.1 Å². The van der Waals surface area contributed by atoms with Crippen LogP contribution in [0.3, 0.4) is 0 Å². The number of carbonyl (C=O) groups is 1. The van der Waals surface area contributed by atoms with Crippen molar-refractivity contribution in [2.24, 2.45) is 0 Å². The van der Waals surface area contributed by atoms with Gasteiger partial charge in [-0.15, -0.1) is 0 Å². The monoisotopic (exact) mass is 426 g/mol. The second-order valence-electron chi connectivity index (χ2n) is 6.05. The molecule has 0 bridgehead atoms. The summed E-state index contributed by atoms with van der Waals surface area (Å²) < 4.78 is 36.5. The van der Waals surface area contributed by atoms with Crippen LogP contribution in [-0.4, -0.2) is 52.5 Å². The van der Waals surface area contributed by atoms with Crippen LogP contribution >= 0.6 is 11.6 Å². The normalized spacial score (nSPS) is 11.3. The number of benzene rings is 2. The lowest BCUT2D eigenvalue weighted by Gasteiger charge is -2.17. The molecule has 0 aliphatic heterocycles. The lowest BCUT2D eigenvalue weighted by molar-refractivity contribution is -0.121. The van der Waals surface area contributed by atoms with Crippen LogP contribution < -0.4 is 14.8 Å². The van der Waals surface area contributed by atoms with Gasteiger partial charge in [0.15, 0.2) is 0 Å². The molecule has 0 heterocycles. The third kappa shape index (κ3) is 5.85. The maximum Gasteiger partial charge on any atom is 0.243 e. The number of likely N-dealkylation sites (N-methyl/N-ethyl adjacent to an activating group) is 1. The molecule has 1 N–H and O–H groups in total. The number of methoxy groups -OCH3 is 1. The summed E-state index contributed by atoms with van der Waals surface area (Å²) in [6, 6.07) is 11.3. The lowest BCUT2D eigenvalue weighted by Crippen LogP contribution is -2.39. The van der Waals surface area contributed by atoms with Gasteiger partial charge < -0.3 is 14.8 Å². The molecule has 0 fully saturated rings. The molecule has 0 saturated heterocycles. The van der Waals surface area contributed by atoms with Gasteiger partial charge in [0.05, 0.1) is 25.1 Å². The van der Waals surface area contributed by atoms with Crippen molar-refractivity contribution in [2.75, 3.05) is 33.9 Å². The molecule has 0 radical (unpaired) electrons.